The number of rotatable bonds is 3. The van der Waals surface area contributed by atoms with Gasteiger partial charge in [-0.25, -0.2) is 0 Å². The SMILES string of the molecule is COc1ccc2cc(C#Cc3ccc(C(F)(F)F)cc3)ccc2c1-c1c(OC)ccc2cc(C#Cc3ccc(C(F)(F)F)cc3)ccc12. The summed E-state index contributed by atoms with van der Waals surface area (Å²) in [5.74, 6) is 13.2. The normalized spacial score (nSPS) is 11.4. The Labute approximate surface area is 272 Å². The molecule has 0 N–H and O–H groups in total. The first-order chi connectivity index (χ1) is 22.9. The predicted octanol–water partition coefficient (Wildman–Crippen LogP) is 10.5. The maximum atomic E-state index is 12.9. The molecule has 0 aliphatic heterocycles. The number of benzene rings is 6. The Balaban J connectivity index is 1.39. The van der Waals surface area contributed by atoms with Crippen LogP contribution in [0, 0.1) is 23.7 Å². The topological polar surface area (TPSA) is 18.5 Å². The summed E-state index contributed by atoms with van der Waals surface area (Å²) < 4.78 is 89.2. The molecule has 6 rings (SSSR count). The van der Waals surface area contributed by atoms with E-state index in [0.717, 1.165) is 56.9 Å². The predicted molar refractivity (Wildman–Crippen MR) is 175 cm³/mol. The third-order valence-corrected chi connectivity index (χ3v) is 7.78. The van der Waals surface area contributed by atoms with Gasteiger partial charge in [0.25, 0.3) is 0 Å². The van der Waals surface area contributed by atoms with Crippen molar-refractivity contribution < 1.29 is 35.8 Å². The van der Waals surface area contributed by atoms with Crippen LogP contribution in [0.4, 0.5) is 26.3 Å². The lowest BCUT2D eigenvalue weighted by Crippen LogP contribution is -2.04. The lowest BCUT2D eigenvalue weighted by Gasteiger charge is -2.18. The first-order valence-corrected chi connectivity index (χ1v) is 14.5. The van der Waals surface area contributed by atoms with Crippen molar-refractivity contribution in [3.05, 3.63) is 143 Å². The van der Waals surface area contributed by atoms with Crippen molar-refractivity contribution in [1.29, 1.82) is 0 Å². The molecule has 0 heterocycles. The van der Waals surface area contributed by atoms with E-state index in [0.29, 0.717) is 33.8 Å². The van der Waals surface area contributed by atoms with E-state index in [9.17, 15) is 26.3 Å². The largest absolute Gasteiger partial charge is 0.496 e. The van der Waals surface area contributed by atoms with Crippen molar-refractivity contribution in [1.82, 2.24) is 0 Å². The van der Waals surface area contributed by atoms with Crippen LogP contribution in [-0.2, 0) is 12.4 Å². The fourth-order valence-electron chi connectivity index (χ4n) is 5.40. The molecule has 48 heavy (non-hydrogen) atoms. The van der Waals surface area contributed by atoms with Crippen LogP contribution < -0.4 is 9.47 Å². The van der Waals surface area contributed by atoms with Gasteiger partial charge in [-0.05, 0) is 106 Å². The fourth-order valence-corrected chi connectivity index (χ4v) is 5.40. The number of halogens is 6. The summed E-state index contributed by atoms with van der Waals surface area (Å²) in [5, 5.41) is 3.46. The second-order valence-corrected chi connectivity index (χ2v) is 10.8. The van der Waals surface area contributed by atoms with Gasteiger partial charge < -0.3 is 9.47 Å². The number of methoxy groups -OCH3 is 2. The molecule has 6 aromatic carbocycles. The van der Waals surface area contributed by atoms with E-state index in [1.54, 1.807) is 14.2 Å². The van der Waals surface area contributed by atoms with Gasteiger partial charge in [0.1, 0.15) is 11.5 Å². The van der Waals surface area contributed by atoms with Crippen LogP contribution >= 0.6 is 0 Å². The zero-order chi connectivity index (χ0) is 34.1. The van der Waals surface area contributed by atoms with Gasteiger partial charge in [-0.15, -0.1) is 0 Å². The van der Waals surface area contributed by atoms with Crippen LogP contribution in [0.5, 0.6) is 11.5 Å². The van der Waals surface area contributed by atoms with Gasteiger partial charge in [-0.1, -0.05) is 47.9 Å². The van der Waals surface area contributed by atoms with Crippen LogP contribution in [-0.4, -0.2) is 14.2 Å². The van der Waals surface area contributed by atoms with Gasteiger partial charge in [-0.2, -0.15) is 26.3 Å². The Morgan fingerprint density at radius 2 is 0.750 bits per heavy atom. The molecule has 8 heteroatoms. The number of hydrogen-bond acceptors (Lipinski definition) is 2. The first kappa shape index (κ1) is 32.1. The van der Waals surface area contributed by atoms with E-state index in [2.05, 4.69) is 23.7 Å². The quantitative estimate of drug-likeness (QED) is 0.140. The van der Waals surface area contributed by atoms with Gasteiger partial charge in [0.15, 0.2) is 0 Å². The second-order valence-electron chi connectivity index (χ2n) is 10.8. The van der Waals surface area contributed by atoms with Crippen molar-refractivity contribution in [2.75, 3.05) is 14.2 Å². The number of alkyl halides is 6. The van der Waals surface area contributed by atoms with E-state index in [1.165, 1.54) is 24.3 Å². The minimum absolute atomic E-state index is 0.461. The molecule has 0 amide bonds. The molecule has 0 aliphatic rings. The molecule has 0 fully saturated rings. The third-order valence-electron chi connectivity index (χ3n) is 7.78. The zero-order valence-electron chi connectivity index (χ0n) is 25.5. The van der Waals surface area contributed by atoms with Crippen LogP contribution in [0.1, 0.15) is 33.4 Å². The number of ether oxygens (including phenoxy) is 2. The summed E-state index contributed by atoms with van der Waals surface area (Å²) in [4.78, 5) is 0. The van der Waals surface area contributed by atoms with Crippen molar-refractivity contribution in [3.8, 4) is 46.3 Å². The molecule has 2 nitrogen and oxygen atoms in total. The Kier molecular flexibility index (Phi) is 8.52. The summed E-state index contributed by atoms with van der Waals surface area (Å²) in [6.07, 6.45) is -8.82. The molecule has 0 spiro atoms. The molecule has 0 atom stereocenters. The molecular formula is C40H24F6O2. The van der Waals surface area contributed by atoms with Crippen molar-refractivity contribution in [3.63, 3.8) is 0 Å². The monoisotopic (exact) mass is 650 g/mol. The summed E-state index contributed by atoms with van der Waals surface area (Å²) in [6.45, 7) is 0. The molecule has 0 unspecified atom stereocenters. The first-order valence-electron chi connectivity index (χ1n) is 14.5. The van der Waals surface area contributed by atoms with Crippen LogP contribution in [0.25, 0.3) is 32.7 Å². The Hall–Kier alpha value is -5.86. The fraction of sp³-hybridized carbons (Fsp3) is 0.100. The van der Waals surface area contributed by atoms with E-state index < -0.39 is 23.5 Å². The van der Waals surface area contributed by atoms with E-state index in [4.69, 9.17) is 9.47 Å². The smallest absolute Gasteiger partial charge is 0.416 e. The lowest BCUT2D eigenvalue weighted by atomic mass is 9.91. The highest BCUT2D eigenvalue weighted by Gasteiger charge is 2.30. The highest BCUT2D eigenvalue weighted by atomic mass is 19.4. The summed E-state index contributed by atoms with van der Waals surface area (Å²) in [6, 6.07) is 28.3. The highest BCUT2D eigenvalue weighted by molar-refractivity contribution is 6.10. The summed E-state index contributed by atoms with van der Waals surface area (Å²) in [7, 11) is 3.17. The molecule has 0 radical (unpaired) electrons. The molecule has 238 valence electrons. The minimum atomic E-state index is -4.41. The van der Waals surface area contributed by atoms with Gasteiger partial charge in [0.2, 0.25) is 0 Å². The van der Waals surface area contributed by atoms with Gasteiger partial charge >= 0.3 is 12.4 Å². The number of fused-ring (bicyclic) bond motifs is 2. The second kappa shape index (κ2) is 12.7. The van der Waals surface area contributed by atoms with Gasteiger partial charge in [-0.3, -0.25) is 0 Å². The standard InChI is InChI=1S/C40H24F6O2/c1-47-35-21-13-29-23-27(5-3-25-7-15-31(16-8-25)39(41,42)43)11-19-33(29)37(35)38-34-20-12-28(24-30(34)14-22-36(38)48-2)6-4-26-9-17-32(18-10-26)40(44,45)46/h7-24H,1-2H3. The Morgan fingerprint density at radius 3 is 1.08 bits per heavy atom. The maximum absolute atomic E-state index is 12.9. The summed E-state index contributed by atoms with van der Waals surface area (Å²) >= 11 is 0. The van der Waals surface area contributed by atoms with E-state index >= 15 is 0 Å². The van der Waals surface area contributed by atoms with Crippen LogP contribution in [0.2, 0.25) is 0 Å². The average Bonchev–Trinajstić information content (AvgIpc) is 3.08. The maximum Gasteiger partial charge on any atom is 0.416 e. The van der Waals surface area contributed by atoms with Gasteiger partial charge in [0, 0.05) is 33.4 Å². The minimum Gasteiger partial charge on any atom is -0.496 e. The van der Waals surface area contributed by atoms with Crippen molar-refractivity contribution in [2.45, 2.75) is 12.4 Å². The zero-order valence-corrected chi connectivity index (χ0v) is 25.5. The van der Waals surface area contributed by atoms with Crippen LogP contribution in [0.15, 0.2) is 109 Å². The van der Waals surface area contributed by atoms with Crippen molar-refractivity contribution >= 4 is 21.5 Å². The Morgan fingerprint density at radius 1 is 0.417 bits per heavy atom. The highest BCUT2D eigenvalue weighted by Crippen LogP contribution is 2.45. The molecule has 0 saturated carbocycles. The third kappa shape index (κ3) is 6.65. The molecule has 6 aromatic rings. The summed E-state index contributed by atoms with van der Waals surface area (Å²) in [5.41, 5.74) is 2.41. The molecular weight excluding hydrogens is 626 g/mol. The Bertz CT molecular complexity index is 2110. The lowest BCUT2D eigenvalue weighted by molar-refractivity contribution is -0.138. The van der Waals surface area contributed by atoms with E-state index in [-0.39, 0.29) is 0 Å². The van der Waals surface area contributed by atoms with Gasteiger partial charge in [0.05, 0.1) is 25.3 Å². The van der Waals surface area contributed by atoms with E-state index in [1.807, 2.05) is 60.7 Å². The van der Waals surface area contributed by atoms with Crippen LogP contribution in [0.3, 0.4) is 0 Å². The molecule has 0 aromatic heterocycles. The van der Waals surface area contributed by atoms with Crippen molar-refractivity contribution in [2.24, 2.45) is 0 Å². The molecule has 0 bridgehead atoms. The molecule has 0 saturated heterocycles. The average molecular weight is 651 g/mol. The molecule has 0 aliphatic carbocycles. The number of hydrogen-bond donors (Lipinski definition) is 0.